The summed E-state index contributed by atoms with van der Waals surface area (Å²) >= 11 is 8.58. The predicted molar refractivity (Wildman–Crippen MR) is 43.6 cm³/mol. The molecule has 3 rings (SSSR count). The summed E-state index contributed by atoms with van der Waals surface area (Å²) in [4.78, 5) is 0. The van der Waals surface area contributed by atoms with Gasteiger partial charge < -0.3 is 0 Å². The van der Waals surface area contributed by atoms with Crippen LogP contribution in [-0.4, -0.2) is 33.8 Å². The molecule has 0 radical (unpaired) electrons. The molecule has 3 saturated heterocycles. The second-order valence-corrected chi connectivity index (χ2v) is 3.82. The third-order valence-corrected chi connectivity index (χ3v) is 3.12. The Morgan fingerprint density at radius 1 is 1.11 bits per heavy atom. The molecule has 0 aromatic rings. The van der Waals surface area contributed by atoms with E-state index in [1.165, 1.54) is 6.42 Å². The van der Waals surface area contributed by atoms with Crippen LogP contribution in [-0.2, 0) is 0 Å². The number of fused-ring (bicyclic) bond motifs is 2. The smallest absolute Gasteiger partial charge is 0.0356 e. The molecule has 2 bridgehead atoms. The van der Waals surface area contributed by atoms with Crippen LogP contribution < -0.4 is 0 Å². The van der Waals surface area contributed by atoms with Crippen molar-refractivity contribution in [3.05, 3.63) is 0 Å². The molecule has 0 saturated carbocycles. The normalized spacial score (nSPS) is 44.7. The zero-order valence-electron chi connectivity index (χ0n) is 5.06. The van der Waals surface area contributed by atoms with E-state index in [-0.39, 0.29) is 0 Å². The largest absolute Gasteiger partial charge is 0.250 e. The molecule has 4 heteroatoms. The molecule has 2 unspecified atom stereocenters. The van der Waals surface area contributed by atoms with E-state index in [0.717, 1.165) is 13.1 Å². The van der Waals surface area contributed by atoms with Crippen LogP contribution in [0.25, 0.3) is 0 Å². The van der Waals surface area contributed by atoms with Gasteiger partial charge in [0.2, 0.25) is 0 Å². The zero-order valence-corrected chi connectivity index (χ0v) is 6.85. The van der Waals surface area contributed by atoms with Gasteiger partial charge in [0.25, 0.3) is 0 Å². The third kappa shape index (κ3) is 0.888. The summed E-state index contributed by atoms with van der Waals surface area (Å²) in [7, 11) is 0. The Morgan fingerprint density at radius 3 is 2.00 bits per heavy atom. The van der Waals surface area contributed by atoms with E-state index in [4.69, 9.17) is 0 Å². The van der Waals surface area contributed by atoms with Gasteiger partial charge in [-0.3, -0.25) is 4.31 Å². The van der Waals surface area contributed by atoms with Gasteiger partial charge in [0, 0.05) is 25.2 Å². The molecule has 0 N–H and O–H groups in total. The minimum Gasteiger partial charge on any atom is -0.250 e. The molecule has 3 aliphatic rings. The molecule has 3 aliphatic heterocycles. The first-order chi connectivity index (χ1) is 4.27. The van der Waals surface area contributed by atoms with Gasteiger partial charge in [0.1, 0.15) is 0 Å². The molecule has 0 spiro atoms. The average Bonchev–Trinajstić information content (AvgIpc) is 1.87. The lowest BCUT2D eigenvalue weighted by Gasteiger charge is -2.52. The second-order valence-electron chi connectivity index (χ2n) is 2.79. The maximum Gasteiger partial charge on any atom is 0.0356 e. The van der Waals surface area contributed by atoms with Crippen molar-refractivity contribution in [3.8, 4) is 0 Å². The highest BCUT2D eigenvalue weighted by Gasteiger charge is 2.42. The summed E-state index contributed by atoms with van der Waals surface area (Å²) in [6.45, 7) is 2.15. The number of hydrogen-bond donors (Lipinski definition) is 2. The molecular weight excluding hydrogens is 152 g/mol. The van der Waals surface area contributed by atoms with Crippen molar-refractivity contribution in [2.75, 3.05) is 13.1 Å². The third-order valence-electron chi connectivity index (χ3n) is 2.14. The SMILES string of the molecule is SN1CC2CC(C1)N2S. The van der Waals surface area contributed by atoms with Crippen LogP contribution in [0.3, 0.4) is 0 Å². The van der Waals surface area contributed by atoms with Crippen molar-refractivity contribution in [3.63, 3.8) is 0 Å². The van der Waals surface area contributed by atoms with Crippen LogP contribution in [0.5, 0.6) is 0 Å². The minimum atomic E-state index is 0.671. The molecule has 2 atom stereocenters. The first-order valence-corrected chi connectivity index (χ1v) is 3.98. The Bertz CT molecular complexity index is 118. The quantitative estimate of drug-likeness (QED) is 0.499. The van der Waals surface area contributed by atoms with E-state index in [0.29, 0.717) is 12.1 Å². The van der Waals surface area contributed by atoms with Gasteiger partial charge in [-0.2, -0.15) is 0 Å². The fourth-order valence-electron chi connectivity index (χ4n) is 1.57. The summed E-state index contributed by atoms with van der Waals surface area (Å²) in [5.41, 5.74) is 0. The number of piperidine rings is 1. The fraction of sp³-hybridized carbons (Fsp3) is 1.00. The van der Waals surface area contributed by atoms with E-state index in [1.54, 1.807) is 0 Å². The van der Waals surface area contributed by atoms with Gasteiger partial charge in [-0.15, -0.1) is 0 Å². The van der Waals surface area contributed by atoms with Crippen molar-refractivity contribution < 1.29 is 0 Å². The molecule has 0 aromatic heterocycles. The first-order valence-electron chi connectivity index (χ1n) is 3.18. The van der Waals surface area contributed by atoms with E-state index in [9.17, 15) is 0 Å². The molecule has 3 heterocycles. The van der Waals surface area contributed by atoms with Gasteiger partial charge in [0.15, 0.2) is 0 Å². The summed E-state index contributed by atoms with van der Waals surface area (Å²) < 4.78 is 4.22. The summed E-state index contributed by atoms with van der Waals surface area (Å²) in [6, 6.07) is 1.34. The van der Waals surface area contributed by atoms with Gasteiger partial charge in [-0.1, -0.05) is 25.6 Å². The lowest BCUT2D eigenvalue weighted by molar-refractivity contribution is 0.0477. The molecule has 9 heavy (non-hydrogen) atoms. The second kappa shape index (κ2) is 2.05. The minimum absolute atomic E-state index is 0.671. The van der Waals surface area contributed by atoms with Crippen molar-refractivity contribution in [2.24, 2.45) is 0 Å². The molecule has 52 valence electrons. The number of nitrogens with zero attached hydrogens (tertiary/aromatic N) is 2. The van der Waals surface area contributed by atoms with Crippen LogP contribution in [0.15, 0.2) is 0 Å². The predicted octanol–water partition coefficient (Wildman–Crippen LogP) is 0.435. The Morgan fingerprint density at radius 2 is 1.67 bits per heavy atom. The van der Waals surface area contributed by atoms with Gasteiger partial charge in [-0.05, 0) is 6.42 Å². The molecule has 2 nitrogen and oxygen atoms in total. The van der Waals surface area contributed by atoms with Crippen molar-refractivity contribution in [1.82, 2.24) is 8.61 Å². The number of thiol groups is 2. The van der Waals surface area contributed by atoms with Crippen LogP contribution in [0.4, 0.5) is 0 Å². The van der Waals surface area contributed by atoms with Crippen molar-refractivity contribution >= 4 is 25.6 Å². The maximum absolute atomic E-state index is 4.32. The van der Waals surface area contributed by atoms with Crippen LogP contribution in [0, 0.1) is 0 Å². The highest BCUT2D eigenvalue weighted by Crippen LogP contribution is 2.33. The fourth-order valence-corrected chi connectivity index (χ4v) is 2.28. The maximum atomic E-state index is 4.32. The van der Waals surface area contributed by atoms with Gasteiger partial charge in [-0.25, -0.2) is 4.31 Å². The van der Waals surface area contributed by atoms with E-state index in [2.05, 4.69) is 34.2 Å². The number of rotatable bonds is 0. The van der Waals surface area contributed by atoms with Crippen molar-refractivity contribution in [1.29, 1.82) is 0 Å². The summed E-state index contributed by atoms with van der Waals surface area (Å²) in [5.74, 6) is 0. The highest BCUT2D eigenvalue weighted by atomic mass is 32.1. The topological polar surface area (TPSA) is 6.48 Å². The van der Waals surface area contributed by atoms with Gasteiger partial charge in [0.05, 0.1) is 0 Å². The number of piperazine rings is 1. The monoisotopic (exact) mass is 162 g/mol. The zero-order chi connectivity index (χ0) is 6.43. The summed E-state index contributed by atoms with van der Waals surface area (Å²) in [5, 5.41) is 0. The van der Waals surface area contributed by atoms with Crippen LogP contribution >= 0.6 is 25.6 Å². The van der Waals surface area contributed by atoms with E-state index in [1.807, 2.05) is 0 Å². The van der Waals surface area contributed by atoms with Crippen LogP contribution in [0.1, 0.15) is 6.42 Å². The average molecular weight is 162 g/mol. The number of hydrogen-bond acceptors (Lipinski definition) is 4. The Balaban J connectivity index is 2.01. The van der Waals surface area contributed by atoms with E-state index >= 15 is 0 Å². The molecule has 0 aliphatic carbocycles. The lowest BCUT2D eigenvalue weighted by atomic mass is 9.93. The Kier molecular flexibility index (Phi) is 1.44. The Hall–Kier alpha value is 0.620. The Labute approximate surface area is 66.3 Å². The lowest BCUT2D eigenvalue weighted by Crippen LogP contribution is -2.63. The van der Waals surface area contributed by atoms with Crippen LogP contribution in [0.2, 0.25) is 0 Å². The van der Waals surface area contributed by atoms with Gasteiger partial charge >= 0.3 is 0 Å². The molecule has 0 aromatic carbocycles. The first kappa shape index (κ1) is 6.34. The molecule has 3 fully saturated rings. The van der Waals surface area contributed by atoms with E-state index < -0.39 is 0 Å². The highest BCUT2D eigenvalue weighted by molar-refractivity contribution is 7.78. The molecular formula is C5H10N2S2. The standard InChI is InChI=1S/C5H10N2S2/c8-6-2-4-1-5(3-6)7(4)9/h4-5,8-9H,1-3H2. The molecule has 0 amide bonds. The van der Waals surface area contributed by atoms with Crippen molar-refractivity contribution in [2.45, 2.75) is 18.5 Å². The summed E-state index contributed by atoms with van der Waals surface area (Å²) in [6.07, 6.45) is 1.32.